The van der Waals surface area contributed by atoms with Crippen molar-refractivity contribution < 1.29 is 0 Å². The monoisotopic (exact) mass is 220 g/mol. The number of hydrogen-bond donors (Lipinski definition) is 0. The number of hydrogen-bond acceptors (Lipinski definition) is 2. The second-order valence-corrected chi connectivity index (χ2v) is 5.96. The number of rotatable bonds is 1. The average Bonchev–Trinajstić information content (AvgIpc) is 2.29. The van der Waals surface area contributed by atoms with Crippen molar-refractivity contribution >= 4 is 0 Å². The summed E-state index contributed by atoms with van der Waals surface area (Å²) in [7, 11) is 0. The predicted octanol–water partition coefficient (Wildman–Crippen LogP) is 3.05. The number of nitrogens with zero attached hydrogens (tertiary/aromatic N) is 2. The van der Waals surface area contributed by atoms with Crippen molar-refractivity contribution in [3.8, 4) is 6.07 Å². The first-order valence-electron chi connectivity index (χ1n) is 6.84. The third-order valence-corrected chi connectivity index (χ3v) is 4.40. The lowest BCUT2D eigenvalue weighted by molar-refractivity contribution is 0.0679. The molecule has 4 atom stereocenters. The Balaban J connectivity index is 2.01. The SMILES string of the molecule is CC1CCC(C#N)C(N2CCCC(C)C2)C1. The number of nitriles is 1. The van der Waals surface area contributed by atoms with Crippen LogP contribution in [-0.4, -0.2) is 24.0 Å². The summed E-state index contributed by atoms with van der Waals surface area (Å²) in [5.41, 5.74) is 0. The standard InChI is InChI=1S/C14H24N2/c1-11-5-6-13(9-15)14(8-11)16-7-3-4-12(2)10-16/h11-14H,3-8,10H2,1-2H3. The number of likely N-dealkylation sites (tertiary alicyclic amines) is 1. The Kier molecular flexibility index (Phi) is 3.86. The zero-order valence-corrected chi connectivity index (χ0v) is 10.7. The summed E-state index contributed by atoms with van der Waals surface area (Å²) in [6.07, 6.45) is 6.30. The van der Waals surface area contributed by atoms with Crippen LogP contribution >= 0.6 is 0 Å². The molecule has 1 saturated carbocycles. The zero-order chi connectivity index (χ0) is 11.5. The molecule has 2 nitrogen and oxygen atoms in total. The molecule has 1 aliphatic carbocycles. The van der Waals surface area contributed by atoms with E-state index < -0.39 is 0 Å². The van der Waals surface area contributed by atoms with E-state index in [4.69, 9.17) is 0 Å². The molecule has 4 unspecified atom stereocenters. The van der Waals surface area contributed by atoms with Gasteiger partial charge in [0, 0.05) is 12.6 Å². The van der Waals surface area contributed by atoms with E-state index in [0.717, 1.165) is 18.3 Å². The van der Waals surface area contributed by atoms with Crippen LogP contribution in [0.25, 0.3) is 0 Å². The van der Waals surface area contributed by atoms with Crippen LogP contribution in [0.2, 0.25) is 0 Å². The maximum Gasteiger partial charge on any atom is 0.0672 e. The van der Waals surface area contributed by atoms with Gasteiger partial charge in [-0.05, 0) is 50.5 Å². The second kappa shape index (κ2) is 5.19. The molecule has 1 aliphatic heterocycles. The molecule has 1 heterocycles. The van der Waals surface area contributed by atoms with Crippen molar-refractivity contribution in [2.24, 2.45) is 17.8 Å². The van der Waals surface area contributed by atoms with Crippen LogP contribution in [0.4, 0.5) is 0 Å². The lowest BCUT2D eigenvalue weighted by atomic mass is 9.78. The van der Waals surface area contributed by atoms with Gasteiger partial charge >= 0.3 is 0 Å². The van der Waals surface area contributed by atoms with Crippen LogP contribution in [0.3, 0.4) is 0 Å². The lowest BCUT2D eigenvalue weighted by Gasteiger charge is -2.42. The largest absolute Gasteiger partial charge is 0.299 e. The summed E-state index contributed by atoms with van der Waals surface area (Å²) in [4.78, 5) is 2.61. The molecule has 0 aromatic heterocycles. The minimum atomic E-state index is 0.293. The molecule has 2 heteroatoms. The van der Waals surface area contributed by atoms with E-state index >= 15 is 0 Å². The molecular formula is C14H24N2. The van der Waals surface area contributed by atoms with E-state index in [1.54, 1.807) is 0 Å². The highest BCUT2D eigenvalue weighted by Crippen LogP contribution is 2.33. The van der Waals surface area contributed by atoms with Gasteiger partial charge in [-0.25, -0.2) is 0 Å². The molecule has 2 fully saturated rings. The predicted molar refractivity (Wildman–Crippen MR) is 65.9 cm³/mol. The van der Waals surface area contributed by atoms with Crippen molar-refractivity contribution in [1.82, 2.24) is 4.90 Å². The van der Waals surface area contributed by atoms with Crippen molar-refractivity contribution in [1.29, 1.82) is 5.26 Å². The third kappa shape index (κ3) is 2.58. The Morgan fingerprint density at radius 2 is 1.94 bits per heavy atom. The van der Waals surface area contributed by atoms with Crippen molar-refractivity contribution in [3.05, 3.63) is 0 Å². The molecule has 90 valence electrons. The zero-order valence-electron chi connectivity index (χ0n) is 10.7. The van der Waals surface area contributed by atoms with Gasteiger partial charge in [-0.15, -0.1) is 0 Å². The molecular weight excluding hydrogens is 196 g/mol. The van der Waals surface area contributed by atoms with Gasteiger partial charge in [0.1, 0.15) is 0 Å². The van der Waals surface area contributed by atoms with E-state index in [1.807, 2.05) is 0 Å². The molecule has 0 radical (unpaired) electrons. The fourth-order valence-electron chi connectivity index (χ4n) is 3.43. The highest BCUT2D eigenvalue weighted by molar-refractivity contribution is 4.97. The maximum atomic E-state index is 9.27. The van der Waals surface area contributed by atoms with Gasteiger partial charge in [-0.2, -0.15) is 5.26 Å². The van der Waals surface area contributed by atoms with Gasteiger partial charge in [0.2, 0.25) is 0 Å². The summed E-state index contributed by atoms with van der Waals surface area (Å²) in [6.45, 7) is 7.13. The first-order chi connectivity index (χ1) is 7.70. The highest BCUT2D eigenvalue weighted by Gasteiger charge is 2.34. The van der Waals surface area contributed by atoms with E-state index in [2.05, 4.69) is 24.8 Å². The van der Waals surface area contributed by atoms with Gasteiger partial charge < -0.3 is 0 Å². The van der Waals surface area contributed by atoms with E-state index in [9.17, 15) is 5.26 Å². The molecule has 0 bridgehead atoms. The molecule has 2 aliphatic rings. The van der Waals surface area contributed by atoms with Crippen LogP contribution in [0.1, 0.15) is 46.0 Å². The maximum absolute atomic E-state index is 9.27. The Hall–Kier alpha value is -0.550. The van der Waals surface area contributed by atoms with Crippen LogP contribution in [-0.2, 0) is 0 Å². The summed E-state index contributed by atoms with van der Waals surface area (Å²) in [5.74, 6) is 1.93. The minimum absolute atomic E-state index is 0.293. The average molecular weight is 220 g/mol. The molecule has 1 saturated heterocycles. The van der Waals surface area contributed by atoms with E-state index in [0.29, 0.717) is 12.0 Å². The van der Waals surface area contributed by atoms with Gasteiger partial charge in [-0.1, -0.05) is 13.8 Å². The van der Waals surface area contributed by atoms with E-state index in [1.165, 1.54) is 38.8 Å². The van der Waals surface area contributed by atoms with Crippen LogP contribution in [0, 0.1) is 29.1 Å². The van der Waals surface area contributed by atoms with Gasteiger partial charge in [0.25, 0.3) is 0 Å². The quantitative estimate of drug-likeness (QED) is 0.679. The van der Waals surface area contributed by atoms with Gasteiger partial charge in [0.15, 0.2) is 0 Å². The first kappa shape index (κ1) is 11.9. The molecule has 2 rings (SSSR count). The lowest BCUT2D eigenvalue weighted by Crippen LogP contribution is -2.47. The number of piperidine rings is 1. The van der Waals surface area contributed by atoms with Crippen molar-refractivity contribution in [3.63, 3.8) is 0 Å². The molecule has 0 amide bonds. The molecule has 16 heavy (non-hydrogen) atoms. The molecule has 0 N–H and O–H groups in total. The first-order valence-corrected chi connectivity index (χ1v) is 6.84. The molecule has 0 aromatic carbocycles. The summed E-state index contributed by atoms with van der Waals surface area (Å²) in [5, 5.41) is 9.27. The second-order valence-electron chi connectivity index (χ2n) is 5.96. The molecule has 0 spiro atoms. The normalized spacial score (nSPS) is 41.6. The highest BCUT2D eigenvalue weighted by atomic mass is 15.2. The van der Waals surface area contributed by atoms with Crippen molar-refractivity contribution in [2.75, 3.05) is 13.1 Å². The van der Waals surface area contributed by atoms with Gasteiger partial charge in [0.05, 0.1) is 12.0 Å². The minimum Gasteiger partial charge on any atom is -0.299 e. The Labute approximate surface area is 99.6 Å². The van der Waals surface area contributed by atoms with E-state index in [-0.39, 0.29) is 0 Å². The smallest absolute Gasteiger partial charge is 0.0672 e. The third-order valence-electron chi connectivity index (χ3n) is 4.40. The van der Waals surface area contributed by atoms with Crippen LogP contribution in [0.5, 0.6) is 0 Å². The summed E-state index contributed by atoms with van der Waals surface area (Å²) in [6, 6.07) is 3.10. The Morgan fingerprint density at radius 3 is 2.62 bits per heavy atom. The van der Waals surface area contributed by atoms with Crippen LogP contribution in [0.15, 0.2) is 0 Å². The van der Waals surface area contributed by atoms with Crippen molar-refractivity contribution in [2.45, 2.75) is 52.0 Å². The fraction of sp³-hybridized carbons (Fsp3) is 0.929. The van der Waals surface area contributed by atoms with Crippen LogP contribution < -0.4 is 0 Å². The Bertz CT molecular complexity index is 268. The fourth-order valence-corrected chi connectivity index (χ4v) is 3.43. The summed E-state index contributed by atoms with van der Waals surface area (Å²) < 4.78 is 0. The topological polar surface area (TPSA) is 27.0 Å². The molecule has 0 aromatic rings. The summed E-state index contributed by atoms with van der Waals surface area (Å²) >= 11 is 0. The van der Waals surface area contributed by atoms with Gasteiger partial charge in [-0.3, -0.25) is 4.90 Å². The Morgan fingerprint density at radius 1 is 1.12 bits per heavy atom.